The van der Waals surface area contributed by atoms with Crippen molar-refractivity contribution >= 4 is 11.5 Å². The zero-order chi connectivity index (χ0) is 13.2. The van der Waals surface area contributed by atoms with Gasteiger partial charge in [-0.1, -0.05) is 23.5 Å². The van der Waals surface area contributed by atoms with Gasteiger partial charge in [0.05, 0.1) is 16.7 Å². The van der Waals surface area contributed by atoms with Crippen LogP contribution in [-0.2, 0) is 6.42 Å². The molecule has 3 rings (SSSR count). The van der Waals surface area contributed by atoms with E-state index in [9.17, 15) is 5.11 Å². The number of nitrogens with zero attached hydrogens (tertiary/aromatic N) is 2. The molecule has 1 aliphatic carbocycles. The van der Waals surface area contributed by atoms with Crippen LogP contribution in [0.15, 0.2) is 24.3 Å². The number of rotatable bonds is 5. The first kappa shape index (κ1) is 12.6. The Kier molecular flexibility index (Phi) is 3.48. The second-order valence-electron chi connectivity index (χ2n) is 4.73. The summed E-state index contributed by atoms with van der Waals surface area (Å²) in [5.41, 5.74) is 1.70. The molecule has 1 aliphatic rings. The van der Waals surface area contributed by atoms with Crippen LogP contribution in [0.25, 0.3) is 0 Å². The lowest BCUT2D eigenvalue weighted by Crippen LogP contribution is -2.02. The Morgan fingerprint density at radius 3 is 3.05 bits per heavy atom. The van der Waals surface area contributed by atoms with Crippen molar-refractivity contribution in [1.29, 1.82) is 0 Å². The molecule has 2 aromatic rings. The zero-order valence-electron chi connectivity index (χ0n) is 10.7. The largest absolute Gasteiger partial charge is 0.490 e. The van der Waals surface area contributed by atoms with Crippen LogP contribution in [0.5, 0.6) is 5.75 Å². The van der Waals surface area contributed by atoms with Gasteiger partial charge in [0, 0.05) is 0 Å². The summed E-state index contributed by atoms with van der Waals surface area (Å²) in [6, 6.07) is 7.66. The van der Waals surface area contributed by atoms with Crippen LogP contribution in [-0.4, -0.2) is 20.8 Å². The number of aliphatic hydroxyl groups is 1. The maximum Gasteiger partial charge on any atom is 0.120 e. The maximum atomic E-state index is 10.4. The number of hydrogen-bond acceptors (Lipinski definition) is 5. The molecule has 1 N–H and O–H groups in total. The highest BCUT2D eigenvalue weighted by Gasteiger charge is 2.24. The number of hydrogen-bond donors (Lipinski definition) is 1. The molecule has 0 bridgehead atoms. The van der Waals surface area contributed by atoms with Crippen LogP contribution >= 0.6 is 11.5 Å². The van der Waals surface area contributed by atoms with Crippen molar-refractivity contribution < 1.29 is 9.84 Å². The first-order valence-electron chi connectivity index (χ1n) is 6.53. The minimum Gasteiger partial charge on any atom is -0.490 e. The Hall–Kier alpha value is -1.46. The average Bonchev–Trinajstić information content (AvgIpc) is 3.11. The third-order valence-corrected chi connectivity index (χ3v) is 3.99. The molecule has 1 saturated carbocycles. The minimum absolute atomic E-state index is 0.365. The second-order valence-corrected chi connectivity index (χ2v) is 5.52. The highest BCUT2D eigenvalue weighted by atomic mass is 32.1. The molecule has 1 aromatic carbocycles. The molecule has 1 unspecified atom stereocenters. The molecule has 19 heavy (non-hydrogen) atoms. The smallest absolute Gasteiger partial charge is 0.120 e. The first-order chi connectivity index (χ1) is 9.28. The Bertz CT molecular complexity index is 566. The number of ether oxygens (including phenoxy) is 1. The Morgan fingerprint density at radius 1 is 1.47 bits per heavy atom. The fraction of sp³-hybridized carbons (Fsp3) is 0.429. The van der Waals surface area contributed by atoms with Gasteiger partial charge in [0.25, 0.3) is 0 Å². The van der Waals surface area contributed by atoms with Crippen LogP contribution in [0.2, 0.25) is 0 Å². The topological polar surface area (TPSA) is 55.2 Å². The lowest BCUT2D eigenvalue weighted by atomic mass is 10.1. The first-order valence-corrected chi connectivity index (χ1v) is 7.31. The predicted octanol–water partition coefficient (Wildman–Crippen LogP) is 2.72. The van der Waals surface area contributed by atoms with Crippen molar-refractivity contribution in [1.82, 2.24) is 9.59 Å². The van der Waals surface area contributed by atoms with Crippen molar-refractivity contribution in [2.45, 2.75) is 38.4 Å². The Balaban J connectivity index is 1.84. The summed E-state index contributed by atoms with van der Waals surface area (Å²) in [5, 5.41) is 14.5. The van der Waals surface area contributed by atoms with Gasteiger partial charge in [0.1, 0.15) is 11.9 Å². The van der Waals surface area contributed by atoms with Gasteiger partial charge >= 0.3 is 0 Å². The van der Waals surface area contributed by atoms with Gasteiger partial charge in [-0.25, -0.2) is 0 Å². The third-order valence-electron chi connectivity index (χ3n) is 3.17. The standard InChI is InChI=1S/C14H16N2O2S/c1-2-12-14(19-16-15-12)13(17)9-4-3-5-11(8-9)18-10-6-7-10/h3-5,8,10,13,17H,2,6-7H2,1H3. The summed E-state index contributed by atoms with van der Waals surface area (Å²) in [6.45, 7) is 2.01. The van der Waals surface area contributed by atoms with Crippen LogP contribution in [0.3, 0.4) is 0 Å². The number of aromatic nitrogens is 2. The third kappa shape index (κ3) is 2.77. The molecule has 5 heteroatoms. The second kappa shape index (κ2) is 5.27. The van der Waals surface area contributed by atoms with E-state index < -0.39 is 6.10 Å². The van der Waals surface area contributed by atoms with Gasteiger partial charge in [-0.05, 0) is 48.5 Å². The summed E-state index contributed by atoms with van der Waals surface area (Å²) in [7, 11) is 0. The van der Waals surface area contributed by atoms with Crippen LogP contribution in [0.4, 0.5) is 0 Å². The summed E-state index contributed by atoms with van der Waals surface area (Å²) in [6.07, 6.45) is 2.74. The molecule has 1 heterocycles. The van der Waals surface area contributed by atoms with Crippen molar-refractivity contribution in [2.24, 2.45) is 0 Å². The van der Waals surface area contributed by atoms with E-state index >= 15 is 0 Å². The molecular formula is C14H16N2O2S. The van der Waals surface area contributed by atoms with E-state index in [4.69, 9.17) is 4.74 Å². The van der Waals surface area contributed by atoms with E-state index in [1.807, 2.05) is 31.2 Å². The fourth-order valence-electron chi connectivity index (χ4n) is 1.96. The van der Waals surface area contributed by atoms with Gasteiger partial charge in [-0.3, -0.25) is 0 Å². The minimum atomic E-state index is -0.669. The molecule has 1 aromatic heterocycles. The quantitative estimate of drug-likeness (QED) is 0.912. The molecule has 100 valence electrons. The van der Waals surface area contributed by atoms with Crippen molar-refractivity contribution in [3.05, 3.63) is 40.4 Å². The van der Waals surface area contributed by atoms with Crippen molar-refractivity contribution in [3.8, 4) is 5.75 Å². The fourth-order valence-corrected chi connectivity index (χ4v) is 2.71. The molecular weight excluding hydrogens is 260 g/mol. The van der Waals surface area contributed by atoms with Gasteiger partial charge in [-0.2, -0.15) is 0 Å². The molecule has 1 fully saturated rings. The lowest BCUT2D eigenvalue weighted by Gasteiger charge is -2.12. The van der Waals surface area contributed by atoms with E-state index in [-0.39, 0.29) is 0 Å². The predicted molar refractivity (Wildman–Crippen MR) is 73.4 cm³/mol. The summed E-state index contributed by atoms with van der Waals surface area (Å²) in [4.78, 5) is 0.825. The Morgan fingerprint density at radius 2 is 2.32 bits per heavy atom. The number of benzene rings is 1. The number of aliphatic hydroxyl groups excluding tert-OH is 1. The molecule has 0 saturated heterocycles. The van der Waals surface area contributed by atoms with Crippen molar-refractivity contribution in [3.63, 3.8) is 0 Å². The lowest BCUT2D eigenvalue weighted by molar-refractivity contribution is 0.221. The van der Waals surface area contributed by atoms with Gasteiger partial charge in [-0.15, -0.1) is 5.10 Å². The van der Waals surface area contributed by atoms with E-state index in [1.165, 1.54) is 11.5 Å². The highest BCUT2D eigenvalue weighted by molar-refractivity contribution is 7.05. The molecule has 0 aliphatic heterocycles. The summed E-state index contributed by atoms with van der Waals surface area (Å²) in [5.74, 6) is 0.828. The normalized spacial score (nSPS) is 16.3. The van der Waals surface area contributed by atoms with E-state index in [0.29, 0.717) is 6.10 Å². The average molecular weight is 276 g/mol. The van der Waals surface area contributed by atoms with E-state index in [0.717, 1.165) is 41.1 Å². The van der Waals surface area contributed by atoms with Crippen molar-refractivity contribution in [2.75, 3.05) is 0 Å². The molecule has 0 amide bonds. The van der Waals surface area contributed by atoms with Gasteiger partial charge < -0.3 is 9.84 Å². The molecule has 0 radical (unpaired) electrons. The van der Waals surface area contributed by atoms with E-state index in [2.05, 4.69) is 9.59 Å². The summed E-state index contributed by atoms with van der Waals surface area (Å²) >= 11 is 1.26. The Labute approximate surface area is 116 Å². The maximum absolute atomic E-state index is 10.4. The molecule has 4 nitrogen and oxygen atoms in total. The van der Waals surface area contributed by atoms with Crippen LogP contribution < -0.4 is 4.74 Å². The van der Waals surface area contributed by atoms with E-state index in [1.54, 1.807) is 0 Å². The van der Waals surface area contributed by atoms with Gasteiger partial charge in [0.15, 0.2) is 0 Å². The summed E-state index contributed by atoms with van der Waals surface area (Å²) < 4.78 is 9.67. The number of aryl methyl sites for hydroxylation is 1. The monoisotopic (exact) mass is 276 g/mol. The zero-order valence-corrected chi connectivity index (χ0v) is 11.6. The highest BCUT2D eigenvalue weighted by Crippen LogP contribution is 2.31. The molecule has 0 spiro atoms. The molecule has 1 atom stereocenters. The SMILES string of the molecule is CCc1nnsc1C(O)c1cccc(OC2CC2)c1. The van der Waals surface area contributed by atoms with Crippen LogP contribution in [0.1, 0.15) is 42.0 Å². The van der Waals surface area contributed by atoms with Crippen LogP contribution in [0, 0.1) is 0 Å². The van der Waals surface area contributed by atoms with Gasteiger partial charge in [0.2, 0.25) is 0 Å².